The molecule has 82 valence electrons. The lowest BCUT2D eigenvalue weighted by Gasteiger charge is -2.18. The molecule has 2 rings (SSSR count). The molecule has 1 aliphatic rings. The van der Waals surface area contributed by atoms with Crippen molar-refractivity contribution in [3.8, 4) is 0 Å². The summed E-state index contributed by atoms with van der Waals surface area (Å²) in [4.78, 5) is 10.1. The summed E-state index contributed by atoms with van der Waals surface area (Å²) in [6.45, 7) is 4.17. The molecule has 1 N–H and O–H groups in total. The van der Waals surface area contributed by atoms with E-state index in [1.54, 1.807) is 6.20 Å². The van der Waals surface area contributed by atoms with Crippen LogP contribution in [0.4, 0.5) is 0 Å². The first-order valence-corrected chi connectivity index (χ1v) is 5.35. The van der Waals surface area contributed by atoms with Crippen molar-refractivity contribution < 1.29 is 5.11 Å². The van der Waals surface area contributed by atoms with Gasteiger partial charge in [0.15, 0.2) is 0 Å². The van der Waals surface area contributed by atoms with Crippen LogP contribution in [-0.2, 0) is 6.54 Å². The summed E-state index contributed by atoms with van der Waals surface area (Å²) in [5.74, 6) is 0. The van der Waals surface area contributed by atoms with Crippen LogP contribution in [0.25, 0.3) is 0 Å². The molecule has 1 aromatic rings. The van der Waals surface area contributed by atoms with Crippen LogP contribution in [0.15, 0.2) is 12.3 Å². The first-order valence-electron chi connectivity index (χ1n) is 4.97. The van der Waals surface area contributed by atoms with E-state index in [-0.39, 0.29) is 5.28 Å². The molecule has 1 unspecified atom stereocenters. The highest BCUT2D eigenvalue weighted by molar-refractivity contribution is 6.28. The molecule has 5 heteroatoms. The van der Waals surface area contributed by atoms with Gasteiger partial charge in [-0.1, -0.05) is 0 Å². The van der Waals surface area contributed by atoms with Gasteiger partial charge in [0.2, 0.25) is 5.28 Å². The molecule has 0 spiro atoms. The number of hydrogen-bond donors (Lipinski definition) is 1. The van der Waals surface area contributed by atoms with Crippen LogP contribution in [-0.4, -0.2) is 38.7 Å². The fourth-order valence-corrected chi connectivity index (χ4v) is 2.03. The average Bonchev–Trinajstić information content (AvgIpc) is 2.45. The molecule has 0 aliphatic carbocycles. The molecule has 4 nitrogen and oxygen atoms in total. The lowest BCUT2D eigenvalue weighted by Crippen LogP contribution is -2.29. The number of aliphatic hydroxyl groups is 1. The zero-order chi connectivity index (χ0) is 10.9. The lowest BCUT2D eigenvalue weighted by molar-refractivity contribution is 0.0677. The molecule has 1 saturated heterocycles. The maximum Gasteiger partial charge on any atom is 0.222 e. The fraction of sp³-hybridized carbons (Fsp3) is 0.600. The number of rotatable bonds is 2. The Hall–Kier alpha value is -0.710. The van der Waals surface area contributed by atoms with Crippen LogP contribution in [0, 0.1) is 0 Å². The standard InChI is InChI=1S/C10H14ClN3O/c1-10(15)3-5-14(7-10)6-8-2-4-12-9(11)13-8/h2,4,15H,3,5-7H2,1H3. The quantitative estimate of drug-likeness (QED) is 0.769. The number of nitrogens with zero attached hydrogens (tertiary/aromatic N) is 3. The average molecular weight is 228 g/mol. The zero-order valence-electron chi connectivity index (χ0n) is 8.65. The minimum absolute atomic E-state index is 0.276. The van der Waals surface area contributed by atoms with Gasteiger partial charge in [-0.25, -0.2) is 9.97 Å². The molecule has 1 aliphatic heterocycles. The van der Waals surface area contributed by atoms with E-state index in [1.165, 1.54) is 0 Å². The van der Waals surface area contributed by atoms with Gasteiger partial charge >= 0.3 is 0 Å². The number of hydrogen-bond acceptors (Lipinski definition) is 4. The van der Waals surface area contributed by atoms with E-state index in [9.17, 15) is 5.11 Å². The number of aromatic nitrogens is 2. The van der Waals surface area contributed by atoms with E-state index in [1.807, 2.05) is 13.0 Å². The largest absolute Gasteiger partial charge is 0.389 e. The molecular weight excluding hydrogens is 214 g/mol. The zero-order valence-corrected chi connectivity index (χ0v) is 9.41. The predicted octanol–water partition coefficient (Wildman–Crippen LogP) is 1.09. The lowest BCUT2D eigenvalue weighted by atomic mass is 10.1. The monoisotopic (exact) mass is 227 g/mol. The van der Waals surface area contributed by atoms with Crippen molar-refractivity contribution in [2.24, 2.45) is 0 Å². The molecule has 1 atom stereocenters. The third-order valence-electron chi connectivity index (χ3n) is 2.60. The SMILES string of the molecule is CC1(O)CCN(Cc2ccnc(Cl)n2)C1. The minimum Gasteiger partial charge on any atom is -0.389 e. The maximum absolute atomic E-state index is 9.80. The van der Waals surface area contributed by atoms with E-state index in [0.29, 0.717) is 6.54 Å². The Labute approximate surface area is 93.9 Å². The molecule has 0 saturated carbocycles. The first-order chi connectivity index (χ1) is 7.05. The van der Waals surface area contributed by atoms with E-state index in [0.717, 1.165) is 25.2 Å². The van der Waals surface area contributed by atoms with Crippen LogP contribution in [0.3, 0.4) is 0 Å². The van der Waals surface area contributed by atoms with E-state index in [2.05, 4.69) is 14.9 Å². The summed E-state index contributed by atoms with van der Waals surface area (Å²) in [6, 6.07) is 1.85. The normalized spacial score (nSPS) is 27.1. The van der Waals surface area contributed by atoms with Crippen molar-refractivity contribution in [1.82, 2.24) is 14.9 Å². The smallest absolute Gasteiger partial charge is 0.222 e. The minimum atomic E-state index is -0.559. The Bertz CT molecular complexity index is 356. The molecule has 1 aromatic heterocycles. The Morgan fingerprint density at radius 1 is 1.67 bits per heavy atom. The Kier molecular flexibility index (Phi) is 2.91. The molecule has 0 aromatic carbocycles. The maximum atomic E-state index is 9.80. The van der Waals surface area contributed by atoms with Crippen molar-refractivity contribution in [2.45, 2.75) is 25.5 Å². The summed E-state index contributed by atoms with van der Waals surface area (Å²) >= 11 is 5.70. The van der Waals surface area contributed by atoms with Crippen LogP contribution in [0.5, 0.6) is 0 Å². The topological polar surface area (TPSA) is 49.2 Å². The van der Waals surface area contributed by atoms with Crippen LogP contribution in [0.1, 0.15) is 19.0 Å². The van der Waals surface area contributed by atoms with Gasteiger partial charge in [-0.05, 0) is 31.0 Å². The Morgan fingerprint density at radius 3 is 3.07 bits per heavy atom. The van der Waals surface area contributed by atoms with Gasteiger partial charge in [0.1, 0.15) is 0 Å². The van der Waals surface area contributed by atoms with Crippen LogP contribution in [0.2, 0.25) is 5.28 Å². The molecular formula is C10H14ClN3O. The van der Waals surface area contributed by atoms with Gasteiger partial charge in [0.25, 0.3) is 0 Å². The van der Waals surface area contributed by atoms with Crippen LogP contribution < -0.4 is 0 Å². The van der Waals surface area contributed by atoms with Gasteiger partial charge in [0.05, 0.1) is 11.3 Å². The molecule has 0 amide bonds. The highest BCUT2D eigenvalue weighted by Crippen LogP contribution is 2.21. The molecule has 0 bridgehead atoms. The third kappa shape index (κ3) is 2.87. The van der Waals surface area contributed by atoms with Crippen molar-refractivity contribution in [3.63, 3.8) is 0 Å². The summed E-state index contributed by atoms with van der Waals surface area (Å²) in [5, 5.41) is 10.1. The molecule has 2 heterocycles. The summed E-state index contributed by atoms with van der Waals surface area (Å²) in [5.41, 5.74) is 0.337. The van der Waals surface area contributed by atoms with E-state index < -0.39 is 5.60 Å². The second-order valence-electron chi connectivity index (χ2n) is 4.27. The second-order valence-corrected chi connectivity index (χ2v) is 4.61. The highest BCUT2D eigenvalue weighted by Gasteiger charge is 2.31. The van der Waals surface area contributed by atoms with Crippen molar-refractivity contribution in [2.75, 3.05) is 13.1 Å². The fourth-order valence-electron chi connectivity index (χ4n) is 1.86. The van der Waals surface area contributed by atoms with Crippen molar-refractivity contribution >= 4 is 11.6 Å². The number of β-amino-alcohol motifs (C(OH)–C–C–N with tert-alkyl or cyclic N) is 1. The first kappa shape index (κ1) is 10.8. The summed E-state index contributed by atoms with van der Waals surface area (Å²) < 4.78 is 0. The molecule has 1 fully saturated rings. The summed E-state index contributed by atoms with van der Waals surface area (Å²) in [7, 11) is 0. The van der Waals surface area contributed by atoms with E-state index in [4.69, 9.17) is 11.6 Å². The van der Waals surface area contributed by atoms with Gasteiger partial charge in [-0.3, -0.25) is 4.90 Å². The third-order valence-corrected chi connectivity index (χ3v) is 2.78. The predicted molar refractivity (Wildman–Crippen MR) is 57.6 cm³/mol. The van der Waals surface area contributed by atoms with Gasteiger partial charge in [-0.2, -0.15) is 0 Å². The van der Waals surface area contributed by atoms with Gasteiger partial charge < -0.3 is 5.11 Å². The Balaban J connectivity index is 1.99. The molecule has 0 radical (unpaired) electrons. The van der Waals surface area contributed by atoms with Crippen molar-refractivity contribution in [3.05, 3.63) is 23.2 Å². The number of halogens is 1. The second kappa shape index (κ2) is 4.04. The highest BCUT2D eigenvalue weighted by atomic mass is 35.5. The van der Waals surface area contributed by atoms with Crippen LogP contribution >= 0.6 is 11.6 Å². The summed E-state index contributed by atoms with van der Waals surface area (Å²) in [6.07, 6.45) is 2.46. The van der Waals surface area contributed by atoms with E-state index >= 15 is 0 Å². The Morgan fingerprint density at radius 2 is 2.47 bits per heavy atom. The van der Waals surface area contributed by atoms with Gasteiger partial charge in [-0.15, -0.1) is 0 Å². The number of likely N-dealkylation sites (tertiary alicyclic amines) is 1. The van der Waals surface area contributed by atoms with Crippen molar-refractivity contribution in [1.29, 1.82) is 0 Å². The van der Waals surface area contributed by atoms with Gasteiger partial charge in [0, 0.05) is 25.8 Å². The molecule has 15 heavy (non-hydrogen) atoms.